The largest absolute Gasteiger partial charge is 0.506 e. The molecule has 106 valence electrons. The van der Waals surface area contributed by atoms with Crippen molar-refractivity contribution in [1.82, 2.24) is 0 Å². The van der Waals surface area contributed by atoms with Crippen LogP contribution in [0.2, 0.25) is 0 Å². The van der Waals surface area contributed by atoms with Crippen LogP contribution in [0.1, 0.15) is 40.4 Å². The Kier molecular flexibility index (Phi) is 4.79. The maximum Gasteiger partial charge on any atom is 0.265 e. The number of aryl methyl sites for hydroxylation is 2. The minimum absolute atomic E-state index is 0.0851. The third-order valence-electron chi connectivity index (χ3n) is 3.13. The normalized spacial score (nSPS) is 10.5. The molecule has 0 atom stereocenters. The summed E-state index contributed by atoms with van der Waals surface area (Å²) in [6.45, 7) is 4.24. The Morgan fingerprint density at radius 3 is 2.70 bits per heavy atom. The monoisotopic (exact) mass is 289 g/mol. The number of hydrogen-bond donors (Lipinski definition) is 2. The summed E-state index contributed by atoms with van der Waals surface area (Å²) in [4.78, 5) is 14.2. The van der Waals surface area contributed by atoms with Gasteiger partial charge in [0, 0.05) is 4.88 Å². The number of rotatable bonds is 5. The van der Waals surface area contributed by atoms with Crippen molar-refractivity contribution in [3.8, 4) is 5.75 Å². The van der Waals surface area contributed by atoms with Gasteiger partial charge in [-0.05, 0) is 36.6 Å². The molecule has 3 nitrogen and oxygen atoms in total. The lowest BCUT2D eigenvalue weighted by molar-refractivity contribution is 0.103. The van der Waals surface area contributed by atoms with Crippen LogP contribution in [0.15, 0.2) is 30.3 Å². The molecule has 0 spiro atoms. The minimum atomic E-state index is -0.159. The standard InChI is InChI=1S/C16H19NO2S/c1-3-7-14-11(4-2)10-15(20-14)16(19)17-12-8-5-6-9-13(12)18/h5-6,8-10,18H,3-4,7H2,1-2H3,(H,17,19). The van der Waals surface area contributed by atoms with E-state index in [1.54, 1.807) is 35.6 Å². The third-order valence-corrected chi connectivity index (χ3v) is 4.37. The second-order valence-corrected chi connectivity index (χ2v) is 5.77. The van der Waals surface area contributed by atoms with Crippen LogP contribution >= 0.6 is 11.3 Å². The second-order valence-electron chi connectivity index (χ2n) is 4.63. The average molecular weight is 289 g/mol. The molecule has 0 saturated carbocycles. The van der Waals surface area contributed by atoms with Gasteiger partial charge in [-0.3, -0.25) is 4.79 Å². The van der Waals surface area contributed by atoms with Crippen LogP contribution in [0, 0.1) is 0 Å². The summed E-state index contributed by atoms with van der Waals surface area (Å²) in [7, 11) is 0. The van der Waals surface area contributed by atoms with Gasteiger partial charge in [0.05, 0.1) is 10.6 Å². The van der Waals surface area contributed by atoms with E-state index in [4.69, 9.17) is 0 Å². The van der Waals surface area contributed by atoms with Crippen molar-refractivity contribution in [2.24, 2.45) is 0 Å². The van der Waals surface area contributed by atoms with Crippen LogP contribution in [0.4, 0.5) is 5.69 Å². The van der Waals surface area contributed by atoms with Gasteiger partial charge >= 0.3 is 0 Å². The fourth-order valence-corrected chi connectivity index (χ4v) is 3.33. The zero-order valence-corrected chi connectivity index (χ0v) is 12.6. The van der Waals surface area contributed by atoms with Crippen molar-refractivity contribution in [1.29, 1.82) is 0 Å². The Morgan fingerprint density at radius 1 is 1.30 bits per heavy atom. The second kappa shape index (κ2) is 6.57. The quantitative estimate of drug-likeness (QED) is 0.810. The number of hydrogen-bond acceptors (Lipinski definition) is 3. The van der Waals surface area contributed by atoms with E-state index in [1.165, 1.54) is 10.4 Å². The highest BCUT2D eigenvalue weighted by molar-refractivity contribution is 7.14. The fraction of sp³-hybridized carbons (Fsp3) is 0.312. The number of para-hydroxylation sites is 2. The molecule has 2 rings (SSSR count). The number of anilines is 1. The van der Waals surface area contributed by atoms with E-state index in [2.05, 4.69) is 19.2 Å². The molecule has 2 N–H and O–H groups in total. The van der Waals surface area contributed by atoms with Crippen LogP contribution in [-0.2, 0) is 12.8 Å². The number of phenolic OH excluding ortho intramolecular Hbond substituents is 1. The summed E-state index contributed by atoms with van der Waals surface area (Å²) in [6, 6.07) is 8.72. The van der Waals surface area contributed by atoms with Crippen molar-refractivity contribution < 1.29 is 9.90 Å². The molecule has 20 heavy (non-hydrogen) atoms. The van der Waals surface area contributed by atoms with Gasteiger partial charge in [0.2, 0.25) is 0 Å². The lowest BCUT2D eigenvalue weighted by Gasteiger charge is -2.05. The van der Waals surface area contributed by atoms with Crippen molar-refractivity contribution in [2.75, 3.05) is 5.32 Å². The van der Waals surface area contributed by atoms with Crippen LogP contribution in [0.25, 0.3) is 0 Å². The molecule has 1 amide bonds. The number of aromatic hydroxyl groups is 1. The topological polar surface area (TPSA) is 49.3 Å². The molecule has 0 saturated heterocycles. The first-order valence-corrected chi connectivity index (χ1v) is 7.68. The molecule has 4 heteroatoms. The van der Waals surface area contributed by atoms with E-state index >= 15 is 0 Å². The van der Waals surface area contributed by atoms with Gasteiger partial charge in [0.25, 0.3) is 5.91 Å². The van der Waals surface area contributed by atoms with Crippen LogP contribution in [0.3, 0.4) is 0 Å². The highest BCUT2D eigenvalue weighted by Crippen LogP contribution is 2.27. The molecule has 1 aromatic heterocycles. The first kappa shape index (κ1) is 14.6. The Morgan fingerprint density at radius 2 is 2.05 bits per heavy atom. The van der Waals surface area contributed by atoms with Gasteiger partial charge in [-0.1, -0.05) is 32.4 Å². The maximum absolute atomic E-state index is 12.2. The average Bonchev–Trinajstić information content (AvgIpc) is 2.85. The molecule has 2 aromatic rings. The number of nitrogens with one attached hydrogen (secondary N) is 1. The molecule has 0 radical (unpaired) electrons. The number of carbonyl (C=O) groups excluding carboxylic acids is 1. The molecule has 0 bridgehead atoms. The Bertz CT molecular complexity index is 604. The number of benzene rings is 1. The van der Waals surface area contributed by atoms with Crippen LogP contribution < -0.4 is 5.32 Å². The molecule has 1 aromatic carbocycles. The zero-order valence-electron chi connectivity index (χ0n) is 11.8. The number of thiophene rings is 1. The SMILES string of the molecule is CCCc1sc(C(=O)Nc2ccccc2O)cc1CC. The van der Waals surface area contributed by atoms with Crippen molar-refractivity contribution in [2.45, 2.75) is 33.1 Å². The molecule has 0 aliphatic rings. The lowest BCUT2D eigenvalue weighted by Crippen LogP contribution is -2.10. The number of phenols is 1. The number of carbonyl (C=O) groups is 1. The van der Waals surface area contributed by atoms with Gasteiger partial charge in [0.15, 0.2) is 0 Å². The van der Waals surface area contributed by atoms with Crippen molar-refractivity contribution >= 4 is 22.9 Å². The Hall–Kier alpha value is -1.81. The summed E-state index contributed by atoms with van der Waals surface area (Å²) in [5.74, 6) is -0.0737. The Balaban J connectivity index is 2.19. The lowest BCUT2D eigenvalue weighted by atomic mass is 10.1. The highest BCUT2D eigenvalue weighted by atomic mass is 32.1. The molecule has 0 aliphatic heterocycles. The first-order chi connectivity index (χ1) is 9.65. The van der Waals surface area contributed by atoms with Crippen molar-refractivity contribution in [3.63, 3.8) is 0 Å². The van der Waals surface area contributed by atoms with Gasteiger partial charge in [-0.2, -0.15) is 0 Å². The van der Waals surface area contributed by atoms with Gasteiger partial charge < -0.3 is 10.4 Å². The van der Waals surface area contributed by atoms with E-state index in [9.17, 15) is 9.90 Å². The highest BCUT2D eigenvalue weighted by Gasteiger charge is 2.14. The molecule has 0 aliphatic carbocycles. The molecule has 1 heterocycles. The third kappa shape index (κ3) is 3.20. The molecular weight excluding hydrogens is 270 g/mol. The predicted octanol–water partition coefficient (Wildman–Crippen LogP) is 4.22. The fourth-order valence-electron chi connectivity index (χ4n) is 2.08. The number of amides is 1. The molecular formula is C16H19NO2S. The maximum atomic E-state index is 12.2. The van der Waals surface area contributed by atoms with Crippen LogP contribution in [0.5, 0.6) is 5.75 Å². The van der Waals surface area contributed by atoms with Gasteiger partial charge in [0.1, 0.15) is 5.75 Å². The summed E-state index contributed by atoms with van der Waals surface area (Å²) in [5, 5.41) is 12.4. The summed E-state index contributed by atoms with van der Waals surface area (Å²) in [5.41, 5.74) is 1.69. The predicted molar refractivity (Wildman–Crippen MR) is 83.8 cm³/mol. The van der Waals surface area contributed by atoms with Gasteiger partial charge in [-0.15, -0.1) is 11.3 Å². The van der Waals surface area contributed by atoms with Crippen molar-refractivity contribution in [3.05, 3.63) is 45.6 Å². The summed E-state index contributed by atoms with van der Waals surface area (Å²) >= 11 is 1.55. The summed E-state index contributed by atoms with van der Waals surface area (Å²) < 4.78 is 0. The molecule has 0 unspecified atom stereocenters. The Labute approximate surface area is 123 Å². The van der Waals surface area contributed by atoms with E-state index in [1.807, 2.05) is 6.07 Å². The first-order valence-electron chi connectivity index (χ1n) is 6.86. The van der Waals surface area contributed by atoms with E-state index in [-0.39, 0.29) is 11.7 Å². The smallest absolute Gasteiger partial charge is 0.265 e. The molecule has 0 fully saturated rings. The van der Waals surface area contributed by atoms with Gasteiger partial charge in [-0.25, -0.2) is 0 Å². The minimum Gasteiger partial charge on any atom is -0.506 e. The zero-order chi connectivity index (χ0) is 14.5. The van der Waals surface area contributed by atoms with E-state index in [0.717, 1.165) is 19.3 Å². The van der Waals surface area contributed by atoms with E-state index < -0.39 is 0 Å². The van der Waals surface area contributed by atoms with E-state index in [0.29, 0.717) is 10.6 Å². The summed E-state index contributed by atoms with van der Waals surface area (Å²) in [6.07, 6.45) is 3.03. The van der Waals surface area contributed by atoms with Crippen LogP contribution in [-0.4, -0.2) is 11.0 Å².